The van der Waals surface area contributed by atoms with Gasteiger partial charge in [-0.1, -0.05) is 26.0 Å². The quantitative estimate of drug-likeness (QED) is 0.357. The molecular weight excluding hydrogens is 452 g/mol. The first-order chi connectivity index (χ1) is 16.8. The normalized spacial score (nSPS) is 28.9. The number of benzene rings is 1. The summed E-state index contributed by atoms with van der Waals surface area (Å²) in [5, 5.41) is 0. The summed E-state index contributed by atoms with van der Waals surface area (Å²) in [5.41, 5.74) is 2.00. The van der Waals surface area contributed by atoms with Crippen LogP contribution in [-0.2, 0) is 29.2 Å². The fraction of sp³-hybridized carbons (Fsp3) is 0.481. The average molecular weight is 483 g/mol. The molecule has 0 radical (unpaired) electrons. The second-order valence-corrected chi connectivity index (χ2v) is 9.47. The van der Waals surface area contributed by atoms with E-state index in [1.165, 1.54) is 14.2 Å². The van der Waals surface area contributed by atoms with Crippen LogP contribution in [-0.4, -0.2) is 39.4 Å². The molecule has 0 saturated carbocycles. The molecule has 1 aromatic rings. The third kappa shape index (κ3) is 3.18. The summed E-state index contributed by atoms with van der Waals surface area (Å²) in [7, 11) is 2.99. The summed E-state index contributed by atoms with van der Waals surface area (Å²) in [5.74, 6) is 1.45. The standard InChI is InChI=1S/C27H30O8/c1-7-13(2)26(29)35-21-15(4)14(3)8-16-9-18(28)22(30-5)25(31-6)27(16)11-32-24-20(27)17(21)10-19-23(24)34-12-33-19/h7-8,10,14-15,21H,9,11-12H2,1-6H3. The molecule has 0 amide bonds. The lowest BCUT2D eigenvalue weighted by Gasteiger charge is -2.41. The van der Waals surface area contributed by atoms with E-state index in [1.807, 2.05) is 13.0 Å². The van der Waals surface area contributed by atoms with E-state index in [1.54, 1.807) is 19.9 Å². The number of carbonyl (C=O) groups excluding carboxylic acids is 2. The number of esters is 1. The highest BCUT2D eigenvalue weighted by Crippen LogP contribution is 2.62. The Hall–Kier alpha value is -3.42. The molecule has 35 heavy (non-hydrogen) atoms. The van der Waals surface area contributed by atoms with Crippen LogP contribution in [0.2, 0.25) is 0 Å². The summed E-state index contributed by atoms with van der Waals surface area (Å²) in [6.45, 7) is 7.90. The minimum atomic E-state index is -0.922. The maximum Gasteiger partial charge on any atom is 0.333 e. The van der Waals surface area contributed by atoms with Crippen LogP contribution in [0.15, 0.2) is 40.9 Å². The zero-order valence-electron chi connectivity index (χ0n) is 20.9. The fourth-order valence-electron chi connectivity index (χ4n) is 5.59. The molecule has 8 heteroatoms. The Kier molecular flexibility index (Phi) is 5.57. The lowest BCUT2D eigenvalue weighted by Crippen LogP contribution is -2.43. The average Bonchev–Trinajstić information content (AvgIpc) is 3.47. The van der Waals surface area contributed by atoms with E-state index in [4.69, 9.17) is 28.4 Å². The Morgan fingerprint density at radius 3 is 2.60 bits per heavy atom. The number of ether oxygens (including phenoxy) is 6. The van der Waals surface area contributed by atoms with E-state index in [0.29, 0.717) is 28.6 Å². The third-order valence-corrected chi connectivity index (χ3v) is 7.73. The molecule has 4 unspecified atom stereocenters. The van der Waals surface area contributed by atoms with E-state index in [9.17, 15) is 9.59 Å². The van der Waals surface area contributed by atoms with Crippen molar-refractivity contribution in [3.63, 3.8) is 0 Å². The van der Waals surface area contributed by atoms with Crippen LogP contribution in [0.25, 0.3) is 0 Å². The van der Waals surface area contributed by atoms with Gasteiger partial charge in [0.2, 0.25) is 24.1 Å². The second kappa shape index (κ2) is 8.36. The topological polar surface area (TPSA) is 89.5 Å². The van der Waals surface area contributed by atoms with Gasteiger partial charge in [-0.05, 0) is 31.4 Å². The lowest BCUT2D eigenvalue weighted by molar-refractivity contribution is -0.148. The molecule has 1 aromatic carbocycles. The summed E-state index contributed by atoms with van der Waals surface area (Å²) < 4.78 is 35.4. The van der Waals surface area contributed by atoms with Gasteiger partial charge < -0.3 is 28.4 Å². The first kappa shape index (κ1) is 23.3. The molecule has 0 fully saturated rings. The molecule has 2 aliphatic heterocycles. The van der Waals surface area contributed by atoms with Crippen LogP contribution < -0.4 is 14.2 Å². The number of Topliss-reactive ketones (excluding diaryl/α,β-unsaturated/α-hetero) is 1. The van der Waals surface area contributed by atoms with Gasteiger partial charge in [-0.2, -0.15) is 0 Å². The first-order valence-corrected chi connectivity index (χ1v) is 11.8. The Labute approximate surface area is 204 Å². The van der Waals surface area contributed by atoms with Crippen molar-refractivity contribution < 1.29 is 38.0 Å². The number of carbonyl (C=O) groups is 2. The Morgan fingerprint density at radius 1 is 1.14 bits per heavy atom. The minimum Gasteiger partial charge on any atom is -0.496 e. The minimum absolute atomic E-state index is 0.0248. The Morgan fingerprint density at radius 2 is 1.91 bits per heavy atom. The van der Waals surface area contributed by atoms with Gasteiger partial charge in [0.05, 0.1) is 14.2 Å². The number of allylic oxidation sites excluding steroid dienone is 3. The molecule has 0 aromatic heterocycles. The van der Waals surface area contributed by atoms with Gasteiger partial charge >= 0.3 is 5.97 Å². The van der Waals surface area contributed by atoms with Gasteiger partial charge in [-0.15, -0.1) is 0 Å². The maximum absolute atomic E-state index is 13.1. The van der Waals surface area contributed by atoms with Crippen LogP contribution >= 0.6 is 0 Å². The molecule has 2 heterocycles. The lowest BCUT2D eigenvalue weighted by atomic mass is 9.63. The largest absolute Gasteiger partial charge is 0.496 e. The van der Waals surface area contributed by atoms with Crippen LogP contribution in [0.1, 0.15) is 51.3 Å². The fourth-order valence-corrected chi connectivity index (χ4v) is 5.59. The second-order valence-electron chi connectivity index (χ2n) is 9.47. The number of ketones is 1. The van der Waals surface area contributed by atoms with E-state index >= 15 is 0 Å². The highest BCUT2D eigenvalue weighted by molar-refractivity contribution is 5.99. The van der Waals surface area contributed by atoms with E-state index in [-0.39, 0.29) is 49.2 Å². The van der Waals surface area contributed by atoms with Crippen molar-refractivity contribution in [2.75, 3.05) is 27.6 Å². The number of hydrogen-bond acceptors (Lipinski definition) is 8. The van der Waals surface area contributed by atoms with Gasteiger partial charge in [-0.25, -0.2) is 4.79 Å². The molecule has 0 N–H and O–H groups in total. The predicted octanol–water partition coefficient (Wildman–Crippen LogP) is 4.29. The third-order valence-electron chi connectivity index (χ3n) is 7.73. The number of fused-ring (bicyclic) bond motifs is 2. The molecule has 186 valence electrons. The van der Waals surface area contributed by atoms with Crippen molar-refractivity contribution in [1.29, 1.82) is 0 Å². The van der Waals surface area contributed by atoms with Gasteiger partial charge in [0.1, 0.15) is 18.1 Å². The van der Waals surface area contributed by atoms with Crippen LogP contribution in [0.3, 0.4) is 0 Å². The maximum atomic E-state index is 13.1. The van der Waals surface area contributed by atoms with Crippen LogP contribution in [0.5, 0.6) is 17.2 Å². The summed E-state index contributed by atoms with van der Waals surface area (Å²) in [4.78, 5) is 26.0. The Bertz CT molecular complexity index is 1210. The van der Waals surface area contributed by atoms with Gasteiger partial charge in [0.15, 0.2) is 17.3 Å². The van der Waals surface area contributed by atoms with Crippen molar-refractivity contribution in [1.82, 2.24) is 0 Å². The number of rotatable bonds is 4. The summed E-state index contributed by atoms with van der Waals surface area (Å²) in [6.07, 6.45) is 3.40. The number of hydrogen-bond donors (Lipinski definition) is 0. The molecule has 2 aliphatic carbocycles. The van der Waals surface area contributed by atoms with Crippen LogP contribution in [0.4, 0.5) is 0 Å². The van der Waals surface area contributed by atoms with Crippen molar-refractivity contribution in [2.45, 2.75) is 45.6 Å². The highest BCUT2D eigenvalue weighted by Gasteiger charge is 2.58. The van der Waals surface area contributed by atoms with Crippen molar-refractivity contribution in [2.24, 2.45) is 11.8 Å². The van der Waals surface area contributed by atoms with Crippen molar-refractivity contribution in [3.8, 4) is 17.2 Å². The predicted molar refractivity (Wildman–Crippen MR) is 125 cm³/mol. The van der Waals surface area contributed by atoms with Gasteiger partial charge in [-0.3, -0.25) is 4.79 Å². The molecule has 0 saturated heterocycles. The van der Waals surface area contributed by atoms with Gasteiger partial charge in [0, 0.05) is 29.0 Å². The monoisotopic (exact) mass is 482 g/mol. The smallest absolute Gasteiger partial charge is 0.333 e. The van der Waals surface area contributed by atoms with Crippen LogP contribution in [0, 0.1) is 11.8 Å². The molecule has 8 nitrogen and oxygen atoms in total. The van der Waals surface area contributed by atoms with Crippen molar-refractivity contribution in [3.05, 3.63) is 52.0 Å². The molecule has 4 aliphatic rings. The molecule has 5 rings (SSSR count). The molecule has 4 atom stereocenters. The summed E-state index contributed by atoms with van der Waals surface area (Å²) >= 11 is 0. The van der Waals surface area contributed by atoms with E-state index < -0.39 is 11.5 Å². The SMILES string of the molecule is CC=C(C)C(=O)OC1c2cc3c(c4c2C2(CO4)C(=CC(C)C1C)CC(=O)C(OC)=C2OC)OCO3. The van der Waals surface area contributed by atoms with E-state index in [2.05, 4.69) is 13.0 Å². The highest BCUT2D eigenvalue weighted by atomic mass is 16.7. The molecule has 1 spiro atoms. The van der Waals surface area contributed by atoms with Crippen molar-refractivity contribution >= 4 is 11.8 Å². The summed E-state index contributed by atoms with van der Waals surface area (Å²) in [6, 6.07) is 1.88. The first-order valence-electron chi connectivity index (χ1n) is 11.8. The number of methoxy groups -OCH3 is 2. The van der Waals surface area contributed by atoms with E-state index in [0.717, 1.165) is 16.7 Å². The molecule has 0 bridgehead atoms. The van der Waals surface area contributed by atoms with Gasteiger partial charge in [0.25, 0.3) is 0 Å². The molecular formula is C27H30O8. The zero-order chi connectivity index (χ0) is 25.1. The zero-order valence-corrected chi connectivity index (χ0v) is 20.9. The Balaban J connectivity index is 1.85.